The third kappa shape index (κ3) is 7.82. The molecule has 2 aromatic carbocycles. The number of hydrogen-bond donors (Lipinski definition) is 2. The molecule has 1 unspecified atom stereocenters. The highest BCUT2D eigenvalue weighted by atomic mass is 35.5. The Labute approximate surface area is 190 Å². The van der Waals surface area contributed by atoms with Crippen molar-refractivity contribution in [2.75, 3.05) is 0 Å². The monoisotopic (exact) mass is 448 g/mol. The molecule has 0 aliphatic rings. The first-order valence-electron chi connectivity index (χ1n) is 9.78. The van der Waals surface area contributed by atoms with Gasteiger partial charge in [0, 0.05) is 25.2 Å². The second-order valence-electron chi connectivity index (χ2n) is 7.14. The van der Waals surface area contributed by atoms with Crippen LogP contribution in [0.1, 0.15) is 30.2 Å². The number of nitrogens with one attached hydrogen (secondary N) is 1. The summed E-state index contributed by atoms with van der Waals surface area (Å²) in [5.74, 6) is -0.125. The van der Waals surface area contributed by atoms with Gasteiger partial charge in [0.2, 0.25) is 5.91 Å². The first-order valence-corrected chi connectivity index (χ1v) is 9.78. The molecule has 1 amide bonds. The van der Waals surface area contributed by atoms with Crippen LogP contribution < -0.4 is 11.1 Å². The summed E-state index contributed by atoms with van der Waals surface area (Å²) in [5, 5.41) is 3.08. The summed E-state index contributed by atoms with van der Waals surface area (Å²) in [5.41, 5.74) is 9.39. The van der Waals surface area contributed by atoms with Crippen molar-refractivity contribution in [1.82, 2.24) is 14.9 Å². The fourth-order valence-corrected chi connectivity index (χ4v) is 3.21. The van der Waals surface area contributed by atoms with Crippen LogP contribution in [0.2, 0.25) is 0 Å². The quantitative estimate of drug-likeness (QED) is 0.522. The highest BCUT2D eigenvalue weighted by Gasteiger charge is 2.19. The van der Waals surface area contributed by atoms with Gasteiger partial charge in [0.05, 0.1) is 18.1 Å². The fourth-order valence-electron chi connectivity index (χ4n) is 3.21. The van der Waals surface area contributed by atoms with Gasteiger partial charge in [-0.3, -0.25) is 4.79 Å². The number of aromatic nitrogens is 2. The van der Waals surface area contributed by atoms with Crippen molar-refractivity contribution in [3.05, 3.63) is 90.0 Å². The van der Waals surface area contributed by atoms with E-state index in [0.717, 1.165) is 25.1 Å². The molecule has 3 aromatic rings. The summed E-state index contributed by atoms with van der Waals surface area (Å²) in [6, 6.07) is 19.9. The lowest BCUT2D eigenvalue weighted by Gasteiger charge is -2.19. The van der Waals surface area contributed by atoms with Gasteiger partial charge in [0.1, 0.15) is 0 Å². The molecule has 1 heterocycles. The minimum absolute atomic E-state index is 0. The standard InChI is InChI=1S/C23H28N4O.2ClH/c1-2-20(13-18-9-5-3-6-10-18)26-23(28)22(24)14-21-16-27(17-25-21)15-19-11-7-4-8-12-19;;/h3-12,16-17,20,22H,2,13-15,24H2,1H3,(H,26,28);2*1H/t20?,22-;;/m0../s1. The van der Waals surface area contributed by atoms with Gasteiger partial charge < -0.3 is 15.6 Å². The van der Waals surface area contributed by atoms with Crippen molar-refractivity contribution >= 4 is 30.7 Å². The van der Waals surface area contributed by atoms with E-state index in [9.17, 15) is 4.79 Å². The summed E-state index contributed by atoms with van der Waals surface area (Å²) in [6.45, 7) is 2.83. The van der Waals surface area contributed by atoms with Crippen molar-refractivity contribution in [1.29, 1.82) is 0 Å². The van der Waals surface area contributed by atoms with Gasteiger partial charge in [-0.05, 0) is 24.0 Å². The molecule has 0 saturated carbocycles. The zero-order valence-electron chi connectivity index (χ0n) is 17.1. The molecule has 0 aliphatic heterocycles. The number of imidazole rings is 1. The van der Waals surface area contributed by atoms with Gasteiger partial charge in [-0.1, -0.05) is 67.6 Å². The van der Waals surface area contributed by atoms with Crippen LogP contribution >= 0.6 is 24.8 Å². The van der Waals surface area contributed by atoms with E-state index < -0.39 is 6.04 Å². The molecular formula is C23H30Cl2N4O. The number of carbonyl (C=O) groups excluding carboxylic acids is 1. The van der Waals surface area contributed by atoms with Gasteiger partial charge in [0.25, 0.3) is 0 Å². The number of halogens is 2. The summed E-state index contributed by atoms with van der Waals surface area (Å²) >= 11 is 0. The Kier molecular flexibility index (Phi) is 11.2. The number of benzene rings is 2. The summed E-state index contributed by atoms with van der Waals surface area (Å²) < 4.78 is 2.01. The smallest absolute Gasteiger partial charge is 0.237 e. The molecule has 7 heteroatoms. The molecule has 0 saturated heterocycles. The van der Waals surface area contributed by atoms with Gasteiger partial charge >= 0.3 is 0 Å². The molecule has 0 radical (unpaired) electrons. The summed E-state index contributed by atoms with van der Waals surface area (Å²) in [4.78, 5) is 16.9. The van der Waals surface area contributed by atoms with E-state index in [4.69, 9.17) is 5.73 Å². The normalized spacial score (nSPS) is 12.2. The Morgan fingerprint density at radius 1 is 1.00 bits per heavy atom. The van der Waals surface area contributed by atoms with Crippen LogP contribution in [0.3, 0.4) is 0 Å². The highest BCUT2D eigenvalue weighted by molar-refractivity contribution is 5.85. The Hall–Kier alpha value is -2.34. The third-order valence-electron chi connectivity index (χ3n) is 4.82. The van der Waals surface area contributed by atoms with Gasteiger partial charge in [-0.15, -0.1) is 24.8 Å². The van der Waals surface area contributed by atoms with Crippen LogP contribution in [0.15, 0.2) is 73.2 Å². The lowest BCUT2D eigenvalue weighted by Crippen LogP contribution is -2.47. The van der Waals surface area contributed by atoms with E-state index in [1.54, 1.807) is 6.33 Å². The van der Waals surface area contributed by atoms with Crippen molar-refractivity contribution in [3.8, 4) is 0 Å². The molecule has 30 heavy (non-hydrogen) atoms. The lowest BCUT2D eigenvalue weighted by molar-refractivity contribution is -0.123. The predicted molar refractivity (Wildman–Crippen MR) is 126 cm³/mol. The second-order valence-corrected chi connectivity index (χ2v) is 7.14. The van der Waals surface area contributed by atoms with Crippen LogP contribution in [0.4, 0.5) is 0 Å². The van der Waals surface area contributed by atoms with E-state index >= 15 is 0 Å². The Bertz CT molecular complexity index is 871. The molecule has 2 atom stereocenters. The minimum Gasteiger partial charge on any atom is -0.352 e. The molecule has 5 nitrogen and oxygen atoms in total. The molecular weight excluding hydrogens is 419 g/mol. The van der Waals surface area contributed by atoms with E-state index in [0.29, 0.717) is 6.42 Å². The molecule has 0 fully saturated rings. The summed E-state index contributed by atoms with van der Waals surface area (Å²) in [6.07, 6.45) is 5.84. The number of hydrogen-bond acceptors (Lipinski definition) is 3. The molecule has 0 bridgehead atoms. The highest BCUT2D eigenvalue weighted by Crippen LogP contribution is 2.08. The maximum atomic E-state index is 12.5. The van der Waals surface area contributed by atoms with E-state index in [1.165, 1.54) is 11.1 Å². The average molecular weight is 449 g/mol. The topological polar surface area (TPSA) is 72.9 Å². The van der Waals surface area contributed by atoms with Crippen molar-refractivity contribution in [2.24, 2.45) is 5.73 Å². The van der Waals surface area contributed by atoms with Crippen LogP contribution in [-0.4, -0.2) is 27.5 Å². The van der Waals surface area contributed by atoms with Crippen molar-refractivity contribution in [2.45, 2.75) is 44.8 Å². The SMILES string of the molecule is CCC(Cc1ccccc1)NC(=O)[C@@H](N)Cc1cn(Cc2ccccc2)cn1.Cl.Cl. The maximum absolute atomic E-state index is 12.5. The predicted octanol–water partition coefficient (Wildman–Crippen LogP) is 3.78. The van der Waals surface area contributed by atoms with Crippen molar-refractivity contribution in [3.63, 3.8) is 0 Å². The average Bonchev–Trinajstić information content (AvgIpc) is 3.15. The van der Waals surface area contributed by atoms with E-state index in [-0.39, 0.29) is 36.8 Å². The van der Waals surface area contributed by atoms with Crippen LogP contribution in [0.25, 0.3) is 0 Å². The lowest BCUT2D eigenvalue weighted by atomic mass is 10.0. The van der Waals surface area contributed by atoms with Crippen LogP contribution in [0.5, 0.6) is 0 Å². The molecule has 162 valence electrons. The van der Waals surface area contributed by atoms with Crippen LogP contribution in [-0.2, 0) is 24.2 Å². The van der Waals surface area contributed by atoms with Crippen LogP contribution in [0, 0.1) is 0 Å². The first kappa shape index (κ1) is 25.7. The number of nitrogens with zero attached hydrogens (tertiary/aromatic N) is 2. The third-order valence-corrected chi connectivity index (χ3v) is 4.82. The number of nitrogens with two attached hydrogens (primary N) is 1. The number of rotatable bonds is 9. The molecule has 0 spiro atoms. The molecule has 1 aromatic heterocycles. The Morgan fingerprint density at radius 3 is 2.20 bits per heavy atom. The Morgan fingerprint density at radius 2 is 1.60 bits per heavy atom. The number of amides is 1. The first-order chi connectivity index (χ1) is 13.6. The van der Waals surface area contributed by atoms with Gasteiger partial charge in [-0.25, -0.2) is 4.98 Å². The second kappa shape index (κ2) is 13.1. The Balaban J connectivity index is 0.00000225. The molecule has 3 rings (SSSR count). The van der Waals surface area contributed by atoms with Gasteiger partial charge in [0.15, 0.2) is 0 Å². The van der Waals surface area contributed by atoms with Crippen molar-refractivity contribution < 1.29 is 4.79 Å². The summed E-state index contributed by atoms with van der Waals surface area (Å²) in [7, 11) is 0. The fraction of sp³-hybridized carbons (Fsp3) is 0.304. The molecule has 3 N–H and O–H groups in total. The zero-order valence-corrected chi connectivity index (χ0v) is 18.7. The van der Waals surface area contributed by atoms with E-state index in [2.05, 4.69) is 41.5 Å². The zero-order chi connectivity index (χ0) is 19.8. The van der Waals surface area contributed by atoms with Gasteiger partial charge in [-0.2, -0.15) is 0 Å². The minimum atomic E-state index is -0.607. The molecule has 0 aliphatic carbocycles. The largest absolute Gasteiger partial charge is 0.352 e. The maximum Gasteiger partial charge on any atom is 0.237 e. The van der Waals surface area contributed by atoms with E-state index in [1.807, 2.05) is 47.2 Å². The number of carbonyl (C=O) groups is 1.